The van der Waals surface area contributed by atoms with Crippen LogP contribution in [-0.2, 0) is 14.8 Å². The average Bonchev–Trinajstić information content (AvgIpc) is 2.72. The van der Waals surface area contributed by atoms with Crippen LogP contribution in [0.2, 0.25) is 5.15 Å². The molecule has 1 aromatic carbocycles. The number of amides is 1. The zero-order chi connectivity index (χ0) is 20.1. The van der Waals surface area contributed by atoms with Crippen LogP contribution in [0.5, 0.6) is 0 Å². The van der Waals surface area contributed by atoms with Gasteiger partial charge in [0.05, 0.1) is 6.10 Å². The van der Waals surface area contributed by atoms with E-state index in [-0.39, 0.29) is 41.5 Å². The Hall–Kier alpha value is -2.00. The Kier molecular flexibility index (Phi) is 6.66. The highest BCUT2D eigenvalue weighted by molar-refractivity contribution is 7.89. The molecule has 2 aromatic rings. The summed E-state index contributed by atoms with van der Waals surface area (Å²) in [4.78, 5) is 16.2. The van der Waals surface area contributed by atoms with E-state index in [0.717, 1.165) is 5.56 Å². The molecule has 1 atom stereocenters. The molecule has 2 N–H and O–H groups in total. The van der Waals surface area contributed by atoms with Crippen molar-refractivity contribution in [3.8, 4) is 0 Å². The number of hydrogen-bond acceptors (Lipinski definition) is 5. The largest absolute Gasteiger partial charge is 0.387 e. The minimum atomic E-state index is -3.74. The summed E-state index contributed by atoms with van der Waals surface area (Å²) in [7, 11) is -3.74. The van der Waals surface area contributed by atoms with Crippen molar-refractivity contribution in [2.75, 3.05) is 19.6 Å². The third kappa shape index (κ3) is 4.70. The second-order valence-corrected chi connectivity index (χ2v) is 8.91. The van der Waals surface area contributed by atoms with Gasteiger partial charge in [-0.05, 0) is 30.5 Å². The van der Waals surface area contributed by atoms with Gasteiger partial charge in [0.15, 0.2) is 0 Å². The first-order chi connectivity index (χ1) is 13.4. The number of rotatable bonds is 6. The SMILES string of the molecule is O=C(NCC(O)c1ccccc1)C1CCN(S(=O)(=O)c2cccnc2Cl)CC1. The molecule has 7 nitrogen and oxygen atoms in total. The van der Waals surface area contributed by atoms with E-state index < -0.39 is 16.1 Å². The summed E-state index contributed by atoms with van der Waals surface area (Å²) in [5.74, 6) is -0.467. The zero-order valence-corrected chi connectivity index (χ0v) is 16.7. The van der Waals surface area contributed by atoms with Crippen LogP contribution in [0.4, 0.5) is 0 Å². The molecule has 1 fully saturated rings. The van der Waals surface area contributed by atoms with Crippen LogP contribution in [-0.4, -0.2) is 48.4 Å². The third-order valence-electron chi connectivity index (χ3n) is 4.82. The fourth-order valence-corrected chi connectivity index (χ4v) is 5.09. The quantitative estimate of drug-likeness (QED) is 0.692. The van der Waals surface area contributed by atoms with E-state index >= 15 is 0 Å². The fraction of sp³-hybridized carbons (Fsp3) is 0.368. The maximum Gasteiger partial charge on any atom is 0.246 e. The highest BCUT2D eigenvalue weighted by atomic mass is 35.5. The Labute approximate surface area is 169 Å². The van der Waals surface area contributed by atoms with Crippen molar-refractivity contribution in [3.63, 3.8) is 0 Å². The maximum absolute atomic E-state index is 12.7. The summed E-state index contributed by atoms with van der Waals surface area (Å²) in [6.07, 6.45) is 1.47. The van der Waals surface area contributed by atoms with Crippen LogP contribution >= 0.6 is 11.6 Å². The van der Waals surface area contributed by atoms with Crippen LogP contribution in [0.3, 0.4) is 0 Å². The minimum absolute atomic E-state index is 0.0226. The number of hydrogen-bond donors (Lipinski definition) is 2. The number of aromatic nitrogens is 1. The molecule has 1 aliphatic heterocycles. The van der Waals surface area contributed by atoms with Crippen molar-refractivity contribution in [1.29, 1.82) is 0 Å². The Morgan fingerprint density at radius 2 is 1.89 bits per heavy atom. The number of aliphatic hydroxyl groups is 1. The average molecular weight is 424 g/mol. The molecule has 0 aliphatic carbocycles. The smallest absolute Gasteiger partial charge is 0.246 e. The van der Waals surface area contributed by atoms with Gasteiger partial charge in [-0.1, -0.05) is 41.9 Å². The topological polar surface area (TPSA) is 99.6 Å². The number of nitrogens with zero attached hydrogens (tertiary/aromatic N) is 2. The van der Waals surface area contributed by atoms with E-state index in [9.17, 15) is 18.3 Å². The van der Waals surface area contributed by atoms with Gasteiger partial charge in [0.25, 0.3) is 0 Å². The number of nitrogens with one attached hydrogen (secondary N) is 1. The van der Waals surface area contributed by atoms with Crippen molar-refractivity contribution < 1.29 is 18.3 Å². The van der Waals surface area contributed by atoms with Crippen LogP contribution in [0.15, 0.2) is 53.6 Å². The first-order valence-corrected chi connectivity index (χ1v) is 10.8. The number of piperidine rings is 1. The molecule has 150 valence electrons. The summed E-state index contributed by atoms with van der Waals surface area (Å²) < 4.78 is 26.8. The molecule has 0 radical (unpaired) electrons. The van der Waals surface area contributed by atoms with Gasteiger partial charge in [-0.2, -0.15) is 4.31 Å². The molecule has 3 rings (SSSR count). The monoisotopic (exact) mass is 423 g/mol. The number of aliphatic hydroxyl groups excluding tert-OH is 1. The van der Waals surface area contributed by atoms with E-state index in [1.54, 1.807) is 12.1 Å². The molecular weight excluding hydrogens is 402 g/mol. The predicted octanol–water partition coefficient (Wildman–Crippen LogP) is 1.99. The standard InChI is InChI=1S/C19H22ClN3O4S/c20-18-17(7-4-10-21-18)28(26,27)23-11-8-15(9-12-23)19(25)22-13-16(24)14-5-2-1-3-6-14/h1-7,10,15-16,24H,8-9,11-13H2,(H,22,25). The molecule has 0 saturated carbocycles. The normalized spacial score (nSPS) is 17.2. The van der Waals surface area contributed by atoms with E-state index in [4.69, 9.17) is 11.6 Å². The van der Waals surface area contributed by atoms with Crippen molar-refractivity contribution in [2.24, 2.45) is 5.92 Å². The Bertz CT molecular complexity index is 916. The zero-order valence-electron chi connectivity index (χ0n) is 15.2. The van der Waals surface area contributed by atoms with Crippen molar-refractivity contribution >= 4 is 27.5 Å². The van der Waals surface area contributed by atoms with Crippen LogP contribution in [0.25, 0.3) is 0 Å². The van der Waals surface area contributed by atoms with Crippen LogP contribution in [0.1, 0.15) is 24.5 Å². The summed E-state index contributed by atoms with van der Waals surface area (Å²) in [6, 6.07) is 12.0. The number of carbonyl (C=O) groups is 1. The number of carbonyl (C=O) groups excluding carboxylic acids is 1. The van der Waals surface area contributed by atoms with Gasteiger partial charge in [0.1, 0.15) is 10.0 Å². The van der Waals surface area contributed by atoms with Crippen LogP contribution < -0.4 is 5.32 Å². The Balaban J connectivity index is 1.53. The van der Waals surface area contributed by atoms with Gasteiger partial charge >= 0.3 is 0 Å². The summed E-state index contributed by atoms with van der Waals surface area (Å²) >= 11 is 5.92. The summed E-state index contributed by atoms with van der Waals surface area (Å²) in [6.45, 7) is 0.576. The van der Waals surface area contributed by atoms with E-state index in [1.807, 2.05) is 18.2 Å². The molecule has 2 heterocycles. The van der Waals surface area contributed by atoms with Crippen molar-refractivity contribution in [2.45, 2.75) is 23.8 Å². The number of sulfonamides is 1. The van der Waals surface area contributed by atoms with Gasteiger partial charge in [0, 0.05) is 31.7 Å². The second kappa shape index (κ2) is 9.00. The molecule has 1 saturated heterocycles. The Morgan fingerprint density at radius 1 is 1.21 bits per heavy atom. The lowest BCUT2D eigenvalue weighted by atomic mass is 9.97. The summed E-state index contributed by atoms with van der Waals surface area (Å²) in [5.41, 5.74) is 0.733. The van der Waals surface area contributed by atoms with Gasteiger partial charge < -0.3 is 10.4 Å². The molecule has 1 amide bonds. The summed E-state index contributed by atoms with van der Waals surface area (Å²) in [5, 5.41) is 12.8. The van der Waals surface area contributed by atoms with Gasteiger partial charge in [-0.25, -0.2) is 13.4 Å². The molecular formula is C19H22ClN3O4S. The van der Waals surface area contributed by atoms with Crippen molar-refractivity contribution in [1.82, 2.24) is 14.6 Å². The third-order valence-corrected chi connectivity index (χ3v) is 7.16. The van der Waals surface area contributed by atoms with Gasteiger partial charge in [-0.3, -0.25) is 4.79 Å². The maximum atomic E-state index is 12.7. The lowest BCUT2D eigenvalue weighted by Gasteiger charge is -2.30. The van der Waals surface area contributed by atoms with E-state index in [0.29, 0.717) is 12.8 Å². The molecule has 1 unspecified atom stereocenters. The minimum Gasteiger partial charge on any atom is -0.387 e. The number of benzene rings is 1. The molecule has 9 heteroatoms. The van der Waals surface area contributed by atoms with Crippen LogP contribution in [0, 0.1) is 5.92 Å². The predicted molar refractivity (Wildman–Crippen MR) is 105 cm³/mol. The highest BCUT2D eigenvalue weighted by Crippen LogP contribution is 2.27. The molecule has 0 spiro atoms. The highest BCUT2D eigenvalue weighted by Gasteiger charge is 2.33. The fourth-order valence-electron chi connectivity index (χ4n) is 3.20. The second-order valence-electron chi connectivity index (χ2n) is 6.64. The lowest BCUT2D eigenvalue weighted by molar-refractivity contribution is -0.126. The first-order valence-electron chi connectivity index (χ1n) is 9.01. The number of pyridine rings is 1. The van der Waals surface area contributed by atoms with Crippen molar-refractivity contribution in [3.05, 3.63) is 59.4 Å². The molecule has 1 aliphatic rings. The lowest BCUT2D eigenvalue weighted by Crippen LogP contribution is -2.43. The number of halogens is 1. The van der Waals surface area contributed by atoms with E-state index in [2.05, 4.69) is 10.3 Å². The van der Waals surface area contributed by atoms with Gasteiger partial charge in [-0.15, -0.1) is 0 Å². The van der Waals surface area contributed by atoms with Gasteiger partial charge in [0.2, 0.25) is 15.9 Å². The molecule has 28 heavy (non-hydrogen) atoms. The van der Waals surface area contributed by atoms with E-state index in [1.165, 1.54) is 22.6 Å². The molecule has 0 bridgehead atoms. The Morgan fingerprint density at radius 3 is 2.54 bits per heavy atom. The first kappa shape index (κ1) is 20.7. The molecule has 1 aromatic heterocycles.